The highest BCUT2D eigenvalue weighted by molar-refractivity contribution is 5.87. The fourth-order valence-electron chi connectivity index (χ4n) is 2.15. The molecule has 0 aromatic carbocycles. The molecule has 0 unspecified atom stereocenters. The predicted octanol–water partition coefficient (Wildman–Crippen LogP) is 1.69. The number of carboxylic acids is 1. The van der Waals surface area contributed by atoms with Gasteiger partial charge >= 0.3 is 5.97 Å². The predicted molar refractivity (Wildman–Crippen MR) is 59.3 cm³/mol. The Bertz CT molecular complexity index is 582. The molecule has 1 N–H and O–H groups in total. The molecular weight excluding hydrogens is 204 g/mol. The van der Waals surface area contributed by atoms with Crippen LogP contribution in [0, 0.1) is 0 Å². The molecule has 1 saturated carbocycles. The molecule has 0 spiro atoms. The molecule has 0 amide bonds. The second kappa shape index (κ2) is 2.84. The Kier molecular flexibility index (Phi) is 1.67. The van der Waals surface area contributed by atoms with Gasteiger partial charge in [0.05, 0.1) is 16.4 Å². The van der Waals surface area contributed by atoms with Gasteiger partial charge in [0, 0.05) is 19.4 Å². The van der Waals surface area contributed by atoms with Crippen LogP contribution in [0.2, 0.25) is 0 Å². The molecule has 0 aliphatic heterocycles. The molecule has 4 heteroatoms. The third-order valence-electron chi connectivity index (χ3n) is 3.45. The van der Waals surface area contributed by atoms with E-state index in [-0.39, 0.29) is 0 Å². The van der Waals surface area contributed by atoms with Crippen LogP contribution in [-0.4, -0.2) is 20.6 Å². The van der Waals surface area contributed by atoms with Crippen molar-refractivity contribution in [3.05, 3.63) is 30.1 Å². The minimum atomic E-state index is -0.733. The molecule has 4 nitrogen and oxygen atoms in total. The topological polar surface area (TPSA) is 55.1 Å². The Morgan fingerprint density at radius 1 is 1.56 bits per heavy atom. The zero-order valence-corrected chi connectivity index (χ0v) is 8.97. The van der Waals surface area contributed by atoms with Crippen molar-refractivity contribution in [1.82, 2.24) is 9.55 Å². The van der Waals surface area contributed by atoms with Crippen LogP contribution in [0.5, 0.6) is 0 Å². The molecule has 1 aliphatic rings. The van der Waals surface area contributed by atoms with E-state index in [0.29, 0.717) is 0 Å². The monoisotopic (exact) mass is 216 g/mol. The van der Waals surface area contributed by atoms with E-state index >= 15 is 0 Å². The number of aryl methyl sites for hydroxylation is 1. The molecule has 82 valence electrons. The average molecular weight is 216 g/mol. The van der Waals surface area contributed by atoms with Crippen LogP contribution in [0.3, 0.4) is 0 Å². The number of aromatic nitrogens is 2. The highest BCUT2D eigenvalue weighted by Crippen LogP contribution is 2.48. The summed E-state index contributed by atoms with van der Waals surface area (Å²) in [5.74, 6) is -0.733. The third-order valence-corrected chi connectivity index (χ3v) is 3.45. The first-order valence-electron chi connectivity index (χ1n) is 5.28. The standard InChI is InChI=1S/C12H12N2O2/c1-14-5-2-9-10(14)6-8(7-13-9)12(3-4-12)11(15)16/h2,5-7H,3-4H2,1H3,(H,15,16). The molecule has 2 aromatic heterocycles. The van der Waals surface area contributed by atoms with Crippen molar-refractivity contribution in [2.75, 3.05) is 0 Å². The summed E-state index contributed by atoms with van der Waals surface area (Å²) in [5.41, 5.74) is 2.07. The molecule has 0 atom stereocenters. The van der Waals surface area contributed by atoms with Crippen molar-refractivity contribution in [1.29, 1.82) is 0 Å². The number of carbonyl (C=O) groups is 1. The quantitative estimate of drug-likeness (QED) is 0.831. The summed E-state index contributed by atoms with van der Waals surface area (Å²) in [7, 11) is 1.94. The summed E-state index contributed by atoms with van der Waals surface area (Å²) in [4.78, 5) is 15.5. The molecule has 1 fully saturated rings. The van der Waals surface area contributed by atoms with Crippen LogP contribution in [0.25, 0.3) is 11.0 Å². The van der Waals surface area contributed by atoms with E-state index in [1.165, 1.54) is 0 Å². The van der Waals surface area contributed by atoms with Gasteiger partial charge in [-0.25, -0.2) is 0 Å². The van der Waals surface area contributed by atoms with Crippen LogP contribution in [0.15, 0.2) is 24.5 Å². The first-order chi connectivity index (χ1) is 7.63. The van der Waals surface area contributed by atoms with Gasteiger partial charge < -0.3 is 9.67 Å². The van der Waals surface area contributed by atoms with Crippen molar-refractivity contribution >= 4 is 17.0 Å². The SMILES string of the molecule is Cn1ccc2ncc(C3(C(=O)O)CC3)cc21. The molecule has 0 radical (unpaired) electrons. The Hall–Kier alpha value is -1.84. The van der Waals surface area contributed by atoms with Crippen LogP contribution in [-0.2, 0) is 17.3 Å². The van der Waals surface area contributed by atoms with Gasteiger partial charge in [0.15, 0.2) is 0 Å². The zero-order valence-electron chi connectivity index (χ0n) is 8.97. The highest BCUT2D eigenvalue weighted by atomic mass is 16.4. The first kappa shape index (κ1) is 9.39. The molecule has 1 aliphatic carbocycles. The third kappa shape index (κ3) is 1.10. The van der Waals surface area contributed by atoms with E-state index in [4.69, 9.17) is 0 Å². The second-order valence-electron chi connectivity index (χ2n) is 4.44. The van der Waals surface area contributed by atoms with E-state index in [1.54, 1.807) is 6.20 Å². The van der Waals surface area contributed by atoms with E-state index in [0.717, 1.165) is 29.4 Å². The number of hydrogen-bond acceptors (Lipinski definition) is 2. The molecular formula is C12H12N2O2. The lowest BCUT2D eigenvalue weighted by molar-refractivity contribution is -0.140. The minimum absolute atomic E-state index is 0.661. The van der Waals surface area contributed by atoms with Crippen molar-refractivity contribution in [2.45, 2.75) is 18.3 Å². The Morgan fingerprint density at radius 3 is 2.94 bits per heavy atom. The summed E-state index contributed by atoms with van der Waals surface area (Å²) in [5, 5.41) is 9.21. The van der Waals surface area contributed by atoms with E-state index in [9.17, 15) is 9.90 Å². The van der Waals surface area contributed by atoms with Gasteiger partial charge in [0.25, 0.3) is 0 Å². The number of hydrogen-bond donors (Lipinski definition) is 1. The fourth-order valence-corrected chi connectivity index (χ4v) is 2.15. The fraction of sp³-hybridized carbons (Fsp3) is 0.333. The van der Waals surface area contributed by atoms with Crippen LogP contribution < -0.4 is 0 Å². The number of nitrogens with zero attached hydrogens (tertiary/aromatic N) is 2. The van der Waals surface area contributed by atoms with Crippen LogP contribution >= 0.6 is 0 Å². The molecule has 0 bridgehead atoms. The van der Waals surface area contributed by atoms with Gasteiger partial charge in [-0.15, -0.1) is 0 Å². The molecule has 2 heterocycles. The second-order valence-corrected chi connectivity index (χ2v) is 4.44. The van der Waals surface area contributed by atoms with Crippen LogP contribution in [0.4, 0.5) is 0 Å². The molecule has 16 heavy (non-hydrogen) atoms. The smallest absolute Gasteiger partial charge is 0.314 e. The maximum Gasteiger partial charge on any atom is 0.314 e. The van der Waals surface area contributed by atoms with Crippen molar-refractivity contribution < 1.29 is 9.90 Å². The average Bonchev–Trinajstić information content (AvgIpc) is 3.01. The number of carboxylic acid groups (broad SMARTS) is 1. The van der Waals surface area contributed by atoms with Gasteiger partial charge in [-0.1, -0.05) is 0 Å². The summed E-state index contributed by atoms with van der Waals surface area (Å²) in [6.07, 6.45) is 5.07. The van der Waals surface area contributed by atoms with E-state index < -0.39 is 11.4 Å². The lowest BCUT2D eigenvalue weighted by Crippen LogP contribution is -2.19. The van der Waals surface area contributed by atoms with Crippen molar-refractivity contribution in [3.63, 3.8) is 0 Å². The lowest BCUT2D eigenvalue weighted by atomic mass is 9.98. The summed E-state index contributed by atoms with van der Waals surface area (Å²) in [6, 6.07) is 3.88. The minimum Gasteiger partial charge on any atom is -0.481 e. The van der Waals surface area contributed by atoms with Crippen molar-refractivity contribution in [3.8, 4) is 0 Å². The highest BCUT2D eigenvalue weighted by Gasteiger charge is 2.52. The number of pyridine rings is 1. The zero-order chi connectivity index (χ0) is 11.3. The van der Waals surface area contributed by atoms with E-state index in [2.05, 4.69) is 4.98 Å². The molecule has 3 rings (SSSR count). The summed E-state index contributed by atoms with van der Waals surface area (Å²) in [6.45, 7) is 0. The van der Waals surface area contributed by atoms with Gasteiger partial charge in [0.1, 0.15) is 0 Å². The first-order valence-corrected chi connectivity index (χ1v) is 5.28. The van der Waals surface area contributed by atoms with Crippen LogP contribution in [0.1, 0.15) is 18.4 Å². The summed E-state index contributed by atoms with van der Waals surface area (Å²) < 4.78 is 1.96. The summed E-state index contributed by atoms with van der Waals surface area (Å²) >= 11 is 0. The number of rotatable bonds is 2. The largest absolute Gasteiger partial charge is 0.481 e. The van der Waals surface area contributed by atoms with Gasteiger partial charge in [-0.3, -0.25) is 9.78 Å². The Labute approximate surface area is 92.5 Å². The Balaban J connectivity index is 2.18. The van der Waals surface area contributed by atoms with Gasteiger partial charge in [-0.2, -0.15) is 0 Å². The van der Waals surface area contributed by atoms with Gasteiger partial charge in [-0.05, 0) is 30.5 Å². The van der Waals surface area contributed by atoms with E-state index in [1.807, 2.05) is 29.9 Å². The van der Waals surface area contributed by atoms with Crippen molar-refractivity contribution in [2.24, 2.45) is 7.05 Å². The molecule has 0 saturated heterocycles. The number of fused-ring (bicyclic) bond motifs is 1. The maximum absolute atomic E-state index is 11.2. The number of aliphatic carboxylic acids is 1. The molecule has 2 aromatic rings. The normalized spacial score (nSPS) is 17.6. The lowest BCUT2D eigenvalue weighted by Gasteiger charge is -2.09. The Morgan fingerprint density at radius 2 is 2.31 bits per heavy atom. The maximum atomic E-state index is 11.2. The van der Waals surface area contributed by atoms with Gasteiger partial charge in [0.2, 0.25) is 0 Å².